The van der Waals surface area contributed by atoms with Crippen molar-refractivity contribution in [1.82, 2.24) is 5.32 Å². The molecule has 0 radical (unpaired) electrons. The Morgan fingerprint density at radius 3 is 2.62 bits per heavy atom. The quantitative estimate of drug-likeness (QED) is 0.763. The van der Waals surface area contributed by atoms with Crippen molar-refractivity contribution in [3.8, 4) is 5.75 Å². The summed E-state index contributed by atoms with van der Waals surface area (Å²) in [6.07, 6.45) is 0.105. The fraction of sp³-hybridized carbons (Fsp3) is 0.300. The first-order valence-corrected chi connectivity index (χ1v) is 8.91. The van der Waals surface area contributed by atoms with E-state index < -0.39 is 6.10 Å². The molecule has 26 heavy (non-hydrogen) atoms. The minimum absolute atomic E-state index is 0.218. The molecule has 0 aliphatic heterocycles. The molecule has 138 valence electrons. The number of carbonyl (C=O) groups is 2. The molecule has 0 aromatic heterocycles. The Morgan fingerprint density at radius 1 is 1.19 bits per heavy atom. The van der Waals surface area contributed by atoms with Gasteiger partial charge in [0.1, 0.15) is 5.75 Å². The van der Waals surface area contributed by atoms with Crippen LogP contribution in [0.1, 0.15) is 36.2 Å². The predicted octanol–water partition coefficient (Wildman–Crippen LogP) is 4.19. The first-order valence-electron chi connectivity index (χ1n) is 8.53. The topological polar surface area (TPSA) is 67.4 Å². The normalized spacial score (nSPS) is 11.5. The highest BCUT2D eigenvalue weighted by Gasteiger charge is 2.18. The molecule has 2 N–H and O–H groups in total. The van der Waals surface area contributed by atoms with Crippen LogP contribution in [-0.4, -0.2) is 24.5 Å². The van der Waals surface area contributed by atoms with Gasteiger partial charge in [0.25, 0.3) is 11.8 Å². The van der Waals surface area contributed by atoms with Crippen LogP contribution in [0.15, 0.2) is 42.5 Å². The van der Waals surface area contributed by atoms with E-state index in [4.69, 9.17) is 16.3 Å². The van der Waals surface area contributed by atoms with Gasteiger partial charge in [-0.25, -0.2) is 0 Å². The van der Waals surface area contributed by atoms with Crippen molar-refractivity contribution in [2.24, 2.45) is 0 Å². The maximum absolute atomic E-state index is 12.5. The van der Waals surface area contributed by atoms with Crippen LogP contribution >= 0.6 is 11.6 Å². The smallest absolute Gasteiger partial charge is 0.265 e. The van der Waals surface area contributed by atoms with E-state index in [1.807, 2.05) is 13.8 Å². The number of hydrogen-bond donors (Lipinski definition) is 2. The summed E-state index contributed by atoms with van der Waals surface area (Å²) in [5.74, 6) is 0.00140. The lowest BCUT2D eigenvalue weighted by Gasteiger charge is -2.17. The van der Waals surface area contributed by atoms with E-state index in [1.165, 1.54) is 0 Å². The summed E-state index contributed by atoms with van der Waals surface area (Å²) in [7, 11) is 0. The number of aryl methyl sites for hydroxylation is 1. The Kier molecular flexibility index (Phi) is 7.04. The first-order chi connectivity index (χ1) is 12.4. The molecule has 0 fully saturated rings. The van der Waals surface area contributed by atoms with E-state index in [0.717, 1.165) is 12.0 Å². The van der Waals surface area contributed by atoms with Crippen LogP contribution in [0.3, 0.4) is 0 Å². The van der Waals surface area contributed by atoms with Crippen LogP contribution in [0, 0.1) is 6.92 Å². The van der Waals surface area contributed by atoms with Gasteiger partial charge in [0.15, 0.2) is 6.10 Å². The first kappa shape index (κ1) is 19.8. The minimum Gasteiger partial charge on any atom is -0.481 e. The van der Waals surface area contributed by atoms with E-state index in [9.17, 15) is 9.59 Å². The van der Waals surface area contributed by atoms with Gasteiger partial charge in [-0.1, -0.05) is 30.7 Å². The van der Waals surface area contributed by atoms with Crippen LogP contribution in [-0.2, 0) is 4.79 Å². The van der Waals surface area contributed by atoms with Crippen molar-refractivity contribution in [3.63, 3.8) is 0 Å². The van der Waals surface area contributed by atoms with Crippen LogP contribution in [0.5, 0.6) is 5.75 Å². The maximum atomic E-state index is 12.5. The van der Waals surface area contributed by atoms with Crippen molar-refractivity contribution in [1.29, 1.82) is 0 Å². The summed E-state index contributed by atoms with van der Waals surface area (Å²) in [4.78, 5) is 24.7. The molecule has 1 atom stereocenters. The average Bonchev–Trinajstić information content (AvgIpc) is 2.63. The van der Waals surface area contributed by atoms with Gasteiger partial charge in [-0.2, -0.15) is 0 Å². The van der Waals surface area contributed by atoms with E-state index in [0.29, 0.717) is 28.6 Å². The number of halogens is 1. The molecule has 0 spiro atoms. The number of anilines is 1. The average molecular weight is 375 g/mol. The molecule has 6 heteroatoms. The fourth-order valence-corrected chi connectivity index (χ4v) is 2.42. The number of benzene rings is 2. The summed E-state index contributed by atoms with van der Waals surface area (Å²) >= 11 is 6.00. The van der Waals surface area contributed by atoms with Gasteiger partial charge in [0.05, 0.1) is 11.3 Å². The SMILES string of the molecule is CCCNC(=O)c1ccccc1NC(=O)[C@@H](C)Oc1ccc(Cl)c(C)c1. The van der Waals surface area contributed by atoms with Gasteiger partial charge in [-0.3, -0.25) is 9.59 Å². The number of ether oxygens (including phenoxy) is 1. The molecular formula is C20H23ClN2O3. The highest BCUT2D eigenvalue weighted by molar-refractivity contribution is 6.31. The second kappa shape index (κ2) is 9.25. The number of amides is 2. The third-order valence-corrected chi connectivity index (χ3v) is 4.20. The number of nitrogens with one attached hydrogen (secondary N) is 2. The lowest BCUT2D eigenvalue weighted by Crippen LogP contribution is -2.32. The number of para-hydroxylation sites is 1. The van der Waals surface area contributed by atoms with Crippen molar-refractivity contribution in [3.05, 3.63) is 58.6 Å². The van der Waals surface area contributed by atoms with Gasteiger partial charge >= 0.3 is 0 Å². The summed E-state index contributed by atoms with van der Waals surface area (Å²) in [6.45, 7) is 6.08. The molecule has 2 rings (SSSR count). The zero-order valence-corrected chi connectivity index (χ0v) is 15.9. The fourth-order valence-electron chi connectivity index (χ4n) is 2.31. The van der Waals surface area contributed by atoms with Gasteiger partial charge in [0, 0.05) is 11.6 Å². The number of carbonyl (C=O) groups excluding carboxylic acids is 2. The molecule has 0 saturated heterocycles. The van der Waals surface area contributed by atoms with Crippen molar-refractivity contribution in [2.75, 3.05) is 11.9 Å². The maximum Gasteiger partial charge on any atom is 0.265 e. The number of hydrogen-bond acceptors (Lipinski definition) is 3. The molecule has 5 nitrogen and oxygen atoms in total. The summed E-state index contributed by atoms with van der Waals surface area (Å²) in [5, 5.41) is 6.21. The van der Waals surface area contributed by atoms with Crippen LogP contribution in [0.25, 0.3) is 0 Å². The van der Waals surface area contributed by atoms with E-state index in [1.54, 1.807) is 49.4 Å². The van der Waals surface area contributed by atoms with Gasteiger partial charge < -0.3 is 15.4 Å². The summed E-state index contributed by atoms with van der Waals surface area (Å²) in [5.41, 5.74) is 1.74. The molecule has 2 amide bonds. The standard InChI is InChI=1S/C20H23ClN2O3/c1-4-11-22-20(25)16-7-5-6-8-18(16)23-19(24)14(3)26-15-9-10-17(21)13(2)12-15/h5-10,12,14H,4,11H2,1-3H3,(H,22,25)(H,23,24)/t14-/m1/s1. The zero-order valence-electron chi connectivity index (χ0n) is 15.1. The van der Waals surface area contributed by atoms with E-state index in [2.05, 4.69) is 10.6 Å². The van der Waals surface area contributed by atoms with Crippen molar-refractivity contribution >= 4 is 29.1 Å². The van der Waals surface area contributed by atoms with Crippen LogP contribution < -0.4 is 15.4 Å². The molecule has 0 aliphatic carbocycles. The Morgan fingerprint density at radius 2 is 1.92 bits per heavy atom. The number of rotatable bonds is 7. The van der Waals surface area contributed by atoms with Gasteiger partial charge in [-0.15, -0.1) is 0 Å². The van der Waals surface area contributed by atoms with Gasteiger partial charge in [-0.05, 0) is 56.2 Å². The Bertz CT molecular complexity index is 792. The Labute approximate surface area is 158 Å². The highest BCUT2D eigenvalue weighted by Crippen LogP contribution is 2.22. The second-order valence-electron chi connectivity index (χ2n) is 5.96. The third-order valence-electron chi connectivity index (χ3n) is 3.78. The summed E-state index contributed by atoms with van der Waals surface area (Å²) in [6, 6.07) is 12.1. The molecular weight excluding hydrogens is 352 g/mol. The molecule has 0 heterocycles. The zero-order chi connectivity index (χ0) is 19.1. The monoisotopic (exact) mass is 374 g/mol. The van der Waals surface area contributed by atoms with Crippen LogP contribution in [0.2, 0.25) is 5.02 Å². The van der Waals surface area contributed by atoms with Crippen LogP contribution in [0.4, 0.5) is 5.69 Å². The molecule has 0 saturated carbocycles. The Hall–Kier alpha value is -2.53. The molecule has 0 bridgehead atoms. The minimum atomic E-state index is -0.734. The van der Waals surface area contributed by atoms with E-state index in [-0.39, 0.29) is 11.8 Å². The molecule has 2 aromatic rings. The van der Waals surface area contributed by atoms with Gasteiger partial charge in [0.2, 0.25) is 0 Å². The molecule has 2 aromatic carbocycles. The highest BCUT2D eigenvalue weighted by atomic mass is 35.5. The lowest BCUT2D eigenvalue weighted by molar-refractivity contribution is -0.122. The second-order valence-corrected chi connectivity index (χ2v) is 6.37. The largest absolute Gasteiger partial charge is 0.481 e. The molecule has 0 aliphatic rings. The predicted molar refractivity (Wildman–Crippen MR) is 104 cm³/mol. The molecule has 0 unspecified atom stereocenters. The van der Waals surface area contributed by atoms with Crippen molar-refractivity contribution < 1.29 is 14.3 Å². The summed E-state index contributed by atoms with van der Waals surface area (Å²) < 4.78 is 5.68. The van der Waals surface area contributed by atoms with Crippen molar-refractivity contribution in [2.45, 2.75) is 33.3 Å². The van der Waals surface area contributed by atoms with E-state index >= 15 is 0 Å². The third kappa shape index (κ3) is 5.23. The Balaban J connectivity index is 2.06. The lowest BCUT2D eigenvalue weighted by atomic mass is 10.1.